The SMILES string of the molecule is Cn1cc(C2(CN)CCCC2)c2ccc(Cl)cc21. The number of nitrogens with two attached hydrogens (primary N) is 1. The van der Waals surface area contributed by atoms with Gasteiger partial charge < -0.3 is 10.3 Å². The molecule has 1 heterocycles. The Hall–Kier alpha value is -0.990. The van der Waals surface area contributed by atoms with E-state index in [1.165, 1.54) is 42.1 Å². The van der Waals surface area contributed by atoms with E-state index in [2.05, 4.69) is 23.9 Å². The summed E-state index contributed by atoms with van der Waals surface area (Å²) in [6, 6.07) is 6.16. The summed E-state index contributed by atoms with van der Waals surface area (Å²) in [5.74, 6) is 0. The first kappa shape index (κ1) is 12.1. The molecule has 0 spiro atoms. The van der Waals surface area contributed by atoms with Crippen LogP contribution in [0.5, 0.6) is 0 Å². The van der Waals surface area contributed by atoms with Crippen LogP contribution >= 0.6 is 11.6 Å². The summed E-state index contributed by atoms with van der Waals surface area (Å²) >= 11 is 6.09. The number of benzene rings is 1. The number of hydrogen-bond acceptors (Lipinski definition) is 1. The Bertz CT molecular complexity index is 579. The Balaban J connectivity index is 2.23. The minimum Gasteiger partial charge on any atom is -0.350 e. The van der Waals surface area contributed by atoms with Crippen molar-refractivity contribution in [1.82, 2.24) is 4.57 Å². The molecule has 0 aliphatic heterocycles. The van der Waals surface area contributed by atoms with Crippen LogP contribution in [0.3, 0.4) is 0 Å². The average Bonchev–Trinajstić information content (AvgIpc) is 2.96. The van der Waals surface area contributed by atoms with Crippen LogP contribution in [0.1, 0.15) is 31.2 Å². The zero-order valence-electron chi connectivity index (χ0n) is 10.7. The van der Waals surface area contributed by atoms with Gasteiger partial charge in [0.1, 0.15) is 0 Å². The molecular formula is C15H19ClN2. The summed E-state index contributed by atoms with van der Waals surface area (Å²) in [5.41, 5.74) is 8.90. The molecule has 0 amide bonds. The lowest BCUT2D eigenvalue weighted by Gasteiger charge is -2.27. The lowest BCUT2D eigenvalue weighted by molar-refractivity contribution is 0.456. The molecule has 96 valence electrons. The number of fused-ring (bicyclic) bond motifs is 1. The second kappa shape index (κ2) is 4.29. The number of halogens is 1. The fourth-order valence-corrected chi connectivity index (χ4v) is 3.58. The maximum absolute atomic E-state index is 6.10. The molecule has 1 aliphatic rings. The third-order valence-corrected chi connectivity index (χ3v) is 4.71. The van der Waals surface area contributed by atoms with Crippen LogP contribution < -0.4 is 5.73 Å². The van der Waals surface area contributed by atoms with Crippen molar-refractivity contribution in [1.29, 1.82) is 0 Å². The van der Waals surface area contributed by atoms with Gasteiger partial charge in [0.2, 0.25) is 0 Å². The van der Waals surface area contributed by atoms with E-state index in [1.807, 2.05) is 12.1 Å². The Labute approximate surface area is 113 Å². The first-order valence-electron chi connectivity index (χ1n) is 6.61. The van der Waals surface area contributed by atoms with E-state index in [1.54, 1.807) is 0 Å². The van der Waals surface area contributed by atoms with Crippen molar-refractivity contribution in [3.63, 3.8) is 0 Å². The molecule has 0 atom stereocenters. The highest BCUT2D eigenvalue weighted by Crippen LogP contribution is 2.43. The minimum absolute atomic E-state index is 0.188. The summed E-state index contributed by atoms with van der Waals surface area (Å²) in [6.07, 6.45) is 7.26. The molecule has 3 rings (SSSR count). The standard InChI is InChI=1S/C15H19ClN2/c1-18-9-13(15(10-17)6-2-3-7-15)12-5-4-11(16)8-14(12)18/h4-5,8-9H,2-3,6-7,10,17H2,1H3. The Morgan fingerprint density at radius 2 is 2.06 bits per heavy atom. The van der Waals surface area contributed by atoms with Crippen molar-refractivity contribution in [2.75, 3.05) is 6.54 Å². The largest absolute Gasteiger partial charge is 0.350 e. The van der Waals surface area contributed by atoms with Gasteiger partial charge in [0.15, 0.2) is 0 Å². The second-order valence-electron chi connectivity index (χ2n) is 5.51. The van der Waals surface area contributed by atoms with Gasteiger partial charge in [-0.3, -0.25) is 0 Å². The first-order valence-corrected chi connectivity index (χ1v) is 6.99. The highest BCUT2D eigenvalue weighted by molar-refractivity contribution is 6.31. The van der Waals surface area contributed by atoms with E-state index in [4.69, 9.17) is 17.3 Å². The molecule has 0 bridgehead atoms. The number of nitrogens with zero attached hydrogens (tertiary/aromatic N) is 1. The van der Waals surface area contributed by atoms with Crippen molar-refractivity contribution in [2.24, 2.45) is 12.8 Å². The molecule has 2 N–H and O–H groups in total. The predicted octanol–water partition coefficient (Wildman–Crippen LogP) is 3.60. The number of rotatable bonds is 2. The van der Waals surface area contributed by atoms with Crippen LogP contribution in [0.2, 0.25) is 5.02 Å². The molecule has 1 aliphatic carbocycles. The maximum Gasteiger partial charge on any atom is 0.0495 e. The third kappa shape index (κ3) is 1.67. The Kier molecular flexibility index (Phi) is 2.87. The van der Waals surface area contributed by atoms with E-state index in [0.717, 1.165) is 11.6 Å². The molecule has 1 fully saturated rings. The van der Waals surface area contributed by atoms with E-state index in [9.17, 15) is 0 Å². The average molecular weight is 263 g/mol. The number of aromatic nitrogens is 1. The Morgan fingerprint density at radius 3 is 2.72 bits per heavy atom. The van der Waals surface area contributed by atoms with E-state index < -0.39 is 0 Å². The highest BCUT2D eigenvalue weighted by Gasteiger charge is 2.36. The molecule has 0 saturated heterocycles. The molecule has 18 heavy (non-hydrogen) atoms. The smallest absolute Gasteiger partial charge is 0.0495 e. The molecule has 1 aromatic carbocycles. The highest BCUT2D eigenvalue weighted by atomic mass is 35.5. The minimum atomic E-state index is 0.188. The van der Waals surface area contributed by atoms with Crippen molar-refractivity contribution in [3.8, 4) is 0 Å². The summed E-state index contributed by atoms with van der Waals surface area (Å²) in [5, 5.41) is 2.11. The first-order chi connectivity index (χ1) is 8.66. The lowest BCUT2D eigenvalue weighted by Crippen LogP contribution is -2.31. The molecule has 0 unspecified atom stereocenters. The fourth-order valence-electron chi connectivity index (χ4n) is 3.41. The Morgan fingerprint density at radius 1 is 1.33 bits per heavy atom. The van der Waals surface area contributed by atoms with Crippen LogP contribution in [0.4, 0.5) is 0 Å². The van der Waals surface area contributed by atoms with Gasteiger partial charge in [-0.25, -0.2) is 0 Å². The monoisotopic (exact) mass is 262 g/mol. The fraction of sp³-hybridized carbons (Fsp3) is 0.467. The van der Waals surface area contributed by atoms with Gasteiger partial charge >= 0.3 is 0 Å². The molecule has 2 nitrogen and oxygen atoms in total. The van der Waals surface area contributed by atoms with Crippen molar-refractivity contribution >= 4 is 22.5 Å². The number of hydrogen-bond donors (Lipinski definition) is 1. The molecule has 2 aromatic rings. The number of aryl methyl sites for hydroxylation is 1. The van der Waals surface area contributed by atoms with Gasteiger partial charge in [0, 0.05) is 41.1 Å². The zero-order chi connectivity index (χ0) is 12.8. The van der Waals surface area contributed by atoms with Gasteiger partial charge in [-0.15, -0.1) is 0 Å². The molecule has 0 radical (unpaired) electrons. The van der Waals surface area contributed by atoms with Crippen LogP contribution in [0.15, 0.2) is 24.4 Å². The van der Waals surface area contributed by atoms with Crippen molar-refractivity contribution < 1.29 is 0 Å². The molecule has 1 saturated carbocycles. The van der Waals surface area contributed by atoms with E-state index >= 15 is 0 Å². The van der Waals surface area contributed by atoms with Gasteiger partial charge in [0.25, 0.3) is 0 Å². The lowest BCUT2D eigenvalue weighted by atomic mass is 9.79. The summed E-state index contributed by atoms with van der Waals surface area (Å²) < 4.78 is 2.17. The van der Waals surface area contributed by atoms with Gasteiger partial charge in [0.05, 0.1) is 0 Å². The van der Waals surface area contributed by atoms with E-state index in [0.29, 0.717) is 0 Å². The van der Waals surface area contributed by atoms with Gasteiger partial charge in [-0.05, 0) is 30.5 Å². The normalized spacial score (nSPS) is 18.6. The third-order valence-electron chi connectivity index (χ3n) is 4.48. The van der Waals surface area contributed by atoms with Crippen LogP contribution in [-0.2, 0) is 12.5 Å². The molecule has 3 heteroatoms. The maximum atomic E-state index is 6.10. The predicted molar refractivity (Wildman–Crippen MR) is 77.1 cm³/mol. The quantitative estimate of drug-likeness (QED) is 0.881. The second-order valence-corrected chi connectivity index (χ2v) is 5.94. The van der Waals surface area contributed by atoms with Gasteiger partial charge in [-0.2, -0.15) is 0 Å². The zero-order valence-corrected chi connectivity index (χ0v) is 11.5. The van der Waals surface area contributed by atoms with E-state index in [-0.39, 0.29) is 5.41 Å². The van der Waals surface area contributed by atoms with Crippen LogP contribution in [-0.4, -0.2) is 11.1 Å². The van der Waals surface area contributed by atoms with Crippen LogP contribution in [0.25, 0.3) is 10.9 Å². The summed E-state index contributed by atoms with van der Waals surface area (Å²) in [6.45, 7) is 0.745. The molecule has 1 aromatic heterocycles. The molecular weight excluding hydrogens is 244 g/mol. The topological polar surface area (TPSA) is 30.9 Å². The van der Waals surface area contributed by atoms with Gasteiger partial charge in [-0.1, -0.05) is 30.5 Å². The summed E-state index contributed by atoms with van der Waals surface area (Å²) in [4.78, 5) is 0. The summed E-state index contributed by atoms with van der Waals surface area (Å²) in [7, 11) is 2.08. The van der Waals surface area contributed by atoms with Crippen molar-refractivity contribution in [2.45, 2.75) is 31.1 Å². The van der Waals surface area contributed by atoms with Crippen molar-refractivity contribution in [3.05, 3.63) is 35.0 Å². The van der Waals surface area contributed by atoms with Crippen LogP contribution in [0, 0.1) is 0 Å².